The first-order valence-corrected chi connectivity index (χ1v) is 6.94. The molecule has 0 unspecified atom stereocenters. The summed E-state index contributed by atoms with van der Waals surface area (Å²) in [5.74, 6) is -0.0614. The van der Waals surface area contributed by atoms with E-state index in [-0.39, 0.29) is 5.91 Å². The van der Waals surface area contributed by atoms with Crippen molar-refractivity contribution in [3.63, 3.8) is 0 Å². The Morgan fingerprint density at radius 3 is 2.40 bits per heavy atom. The Morgan fingerprint density at radius 1 is 0.950 bits per heavy atom. The van der Waals surface area contributed by atoms with Crippen LogP contribution >= 0.6 is 23.2 Å². The molecule has 0 radical (unpaired) electrons. The summed E-state index contributed by atoms with van der Waals surface area (Å²) in [7, 11) is 0. The van der Waals surface area contributed by atoms with Gasteiger partial charge in [-0.3, -0.25) is 4.79 Å². The van der Waals surface area contributed by atoms with Crippen molar-refractivity contribution in [2.24, 2.45) is 0 Å². The van der Waals surface area contributed by atoms with Crippen LogP contribution in [0, 0.1) is 0 Å². The SMILES string of the molecule is O=C(CCNc1ccc(Cl)cc1)Nc1cccc(Cl)c1. The van der Waals surface area contributed by atoms with Gasteiger partial charge >= 0.3 is 0 Å². The Balaban J connectivity index is 1.76. The number of halogens is 2. The third-order valence-electron chi connectivity index (χ3n) is 2.63. The van der Waals surface area contributed by atoms with Crippen LogP contribution in [0.1, 0.15) is 6.42 Å². The van der Waals surface area contributed by atoms with Crippen LogP contribution in [-0.2, 0) is 4.79 Å². The Kier molecular flexibility index (Phi) is 5.27. The highest BCUT2D eigenvalue weighted by atomic mass is 35.5. The summed E-state index contributed by atoms with van der Waals surface area (Å²) >= 11 is 11.6. The minimum Gasteiger partial charge on any atom is -0.385 e. The average Bonchev–Trinajstić information content (AvgIpc) is 2.41. The summed E-state index contributed by atoms with van der Waals surface area (Å²) in [6.45, 7) is 0.550. The average molecular weight is 309 g/mol. The van der Waals surface area contributed by atoms with Crippen LogP contribution in [-0.4, -0.2) is 12.5 Å². The van der Waals surface area contributed by atoms with E-state index in [2.05, 4.69) is 10.6 Å². The molecule has 0 aliphatic carbocycles. The van der Waals surface area contributed by atoms with Crippen LogP contribution < -0.4 is 10.6 Å². The summed E-state index contributed by atoms with van der Waals surface area (Å²) in [4.78, 5) is 11.8. The Hall–Kier alpha value is -1.71. The van der Waals surface area contributed by atoms with Crippen molar-refractivity contribution in [2.45, 2.75) is 6.42 Å². The second-order valence-corrected chi connectivity index (χ2v) is 5.12. The fourth-order valence-corrected chi connectivity index (χ4v) is 1.99. The lowest BCUT2D eigenvalue weighted by Crippen LogP contribution is -2.16. The van der Waals surface area contributed by atoms with Gasteiger partial charge in [-0.05, 0) is 42.5 Å². The van der Waals surface area contributed by atoms with Crippen LogP contribution in [0.25, 0.3) is 0 Å². The highest BCUT2D eigenvalue weighted by Gasteiger charge is 2.02. The molecule has 2 aromatic rings. The smallest absolute Gasteiger partial charge is 0.226 e. The van der Waals surface area contributed by atoms with Gasteiger partial charge in [0, 0.05) is 34.4 Å². The maximum atomic E-state index is 11.8. The van der Waals surface area contributed by atoms with Gasteiger partial charge in [-0.1, -0.05) is 29.3 Å². The monoisotopic (exact) mass is 308 g/mol. The van der Waals surface area contributed by atoms with Crippen molar-refractivity contribution in [1.82, 2.24) is 0 Å². The zero-order chi connectivity index (χ0) is 14.4. The molecule has 0 fully saturated rings. The van der Waals surface area contributed by atoms with E-state index in [0.29, 0.717) is 28.7 Å². The summed E-state index contributed by atoms with van der Waals surface area (Å²) in [6, 6.07) is 14.4. The van der Waals surface area contributed by atoms with E-state index >= 15 is 0 Å². The summed E-state index contributed by atoms with van der Waals surface area (Å²) in [5, 5.41) is 7.24. The molecule has 3 nitrogen and oxygen atoms in total. The number of anilines is 2. The molecular weight excluding hydrogens is 295 g/mol. The third-order valence-corrected chi connectivity index (χ3v) is 3.12. The van der Waals surface area contributed by atoms with Gasteiger partial charge in [0.15, 0.2) is 0 Å². The fourth-order valence-electron chi connectivity index (χ4n) is 1.68. The normalized spacial score (nSPS) is 10.1. The van der Waals surface area contributed by atoms with E-state index in [1.165, 1.54) is 0 Å². The van der Waals surface area contributed by atoms with Crippen molar-refractivity contribution in [1.29, 1.82) is 0 Å². The minimum absolute atomic E-state index is 0.0614. The number of hydrogen-bond acceptors (Lipinski definition) is 2. The standard InChI is InChI=1S/C15H14Cl2N2O/c16-11-4-6-13(7-5-11)18-9-8-15(20)19-14-3-1-2-12(17)10-14/h1-7,10,18H,8-9H2,(H,19,20). The molecule has 1 amide bonds. The van der Waals surface area contributed by atoms with Gasteiger partial charge in [0.25, 0.3) is 0 Å². The van der Waals surface area contributed by atoms with Crippen LogP contribution in [0.3, 0.4) is 0 Å². The highest BCUT2D eigenvalue weighted by Crippen LogP contribution is 2.15. The zero-order valence-electron chi connectivity index (χ0n) is 10.7. The maximum Gasteiger partial charge on any atom is 0.226 e. The second kappa shape index (κ2) is 7.17. The second-order valence-electron chi connectivity index (χ2n) is 4.24. The van der Waals surface area contributed by atoms with E-state index in [0.717, 1.165) is 5.69 Å². The molecule has 0 saturated heterocycles. The number of amides is 1. The van der Waals surface area contributed by atoms with Crippen molar-refractivity contribution in [2.75, 3.05) is 17.2 Å². The lowest BCUT2D eigenvalue weighted by atomic mass is 10.3. The lowest BCUT2D eigenvalue weighted by molar-refractivity contribution is -0.115. The number of benzene rings is 2. The predicted octanol–water partition coefficient (Wildman–Crippen LogP) is 4.43. The summed E-state index contributed by atoms with van der Waals surface area (Å²) in [6.07, 6.45) is 0.370. The van der Waals surface area contributed by atoms with Crippen LogP contribution in [0.4, 0.5) is 11.4 Å². The van der Waals surface area contributed by atoms with Crippen molar-refractivity contribution < 1.29 is 4.79 Å². The van der Waals surface area contributed by atoms with Crippen LogP contribution in [0.5, 0.6) is 0 Å². The van der Waals surface area contributed by atoms with Crippen molar-refractivity contribution in [3.05, 3.63) is 58.6 Å². The molecule has 2 rings (SSSR count). The number of carbonyl (C=O) groups excluding carboxylic acids is 1. The van der Waals surface area contributed by atoms with Gasteiger partial charge in [-0.25, -0.2) is 0 Å². The number of carbonyl (C=O) groups is 1. The molecular formula is C15H14Cl2N2O. The molecule has 2 N–H and O–H groups in total. The first kappa shape index (κ1) is 14.7. The Morgan fingerprint density at radius 2 is 1.70 bits per heavy atom. The van der Waals surface area contributed by atoms with Crippen LogP contribution in [0.2, 0.25) is 10.0 Å². The third kappa shape index (κ3) is 4.76. The van der Waals surface area contributed by atoms with Crippen LogP contribution in [0.15, 0.2) is 48.5 Å². The quantitative estimate of drug-likeness (QED) is 0.857. The predicted molar refractivity (Wildman–Crippen MR) is 84.6 cm³/mol. The van der Waals surface area contributed by atoms with E-state index in [4.69, 9.17) is 23.2 Å². The molecule has 0 aliphatic rings. The summed E-state index contributed by atoms with van der Waals surface area (Å²) < 4.78 is 0. The molecule has 0 aromatic heterocycles. The van der Waals surface area contributed by atoms with E-state index in [1.54, 1.807) is 36.4 Å². The summed E-state index contributed by atoms with van der Waals surface area (Å²) in [5.41, 5.74) is 1.64. The van der Waals surface area contributed by atoms with Gasteiger partial charge in [0.1, 0.15) is 0 Å². The molecule has 0 spiro atoms. The molecule has 0 heterocycles. The number of rotatable bonds is 5. The van der Waals surface area contributed by atoms with Gasteiger partial charge in [0.2, 0.25) is 5.91 Å². The molecule has 0 bridgehead atoms. The molecule has 104 valence electrons. The molecule has 0 saturated carbocycles. The van der Waals surface area contributed by atoms with E-state index < -0.39 is 0 Å². The molecule has 0 aliphatic heterocycles. The largest absolute Gasteiger partial charge is 0.385 e. The van der Waals surface area contributed by atoms with Gasteiger partial charge in [-0.15, -0.1) is 0 Å². The molecule has 0 atom stereocenters. The maximum absolute atomic E-state index is 11.8. The lowest BCUT2D eigenvalue weighted by Gasteiger charge is -2.08. The fraction of sp³-hybridized carbons (Fsp3) is 0.133. The molecule has 20 heavy (non-hydrogen) atoms. The molecule has 5 heteroatoms. The Bertz CT molecular complexity index is 585. The number of hydrogen-bond donors (Lipinski definition) is 2. The minimum atomic E-state index is -0.0614. The topological polar surface area (TPSA) is 41.1 Å². The van der Waals surface area contributed by atoms with Gasteiger partial charge in [-0.2, -0.15) is 0 Å². The zero-order valence-corrected chi connectivity index (χ0v) is 12.2. The van der Waals surface area contributed by atoms with Gasteiger partial charge < -0.3 is 10.6 Å². The Labute approximate surface area is 127 Å². The van der Waals surface area contributed by atoms with E-state index in [1.807, 2.05) is 12.1 Å². The first-order chi connectivity index (χ1) is 9.63. The first-order valence-electron chi connectivity index (χ1n) is 6.18. The van der Waals surface area contributed by atoms with Gasteiger partial charge in [0.05, 0.1) is 0 Å². The van der Waals surface area contributed by atoms with E-state index in [9.17, 15) is 4.79 Å². The molecule has 2 aromatic carbocycles. The highest BCUT2D eigenvalue weighted by molar-refractivity contribution is 6.31. The van der Waals surface area contributed by atoms with Crippen molar-refractivity contribution in [3.8, 4) is 0 Å². The number of nitrogens with one attached hydrogen (secondary N) is 2. The van der Waals surface area contributed by atoms with Crippen molar-refractivity contribution >= 4 is 40.5 Å².